The van der Waals surface area contributed by atoms with Crippen molar-refractivity contribution < 1.29 is 8.78 Å². The number of nitriles is 1. The number of hydrazine groups is 1. The third-order valence-electron chi connectivity index (χ3n) is 4.37. The Hall–Kier alpha value is -3.19. The molecule has 1 aromatic heterocycles. The smallest absolute Gasteiger partial charge is 0.262 e. The molecule has 1 aliphatic carbocycles. The van der Waals surface area contributed by atoms with Gasteiger partial charge in [-0.2, -0.15) is 5.26 Å². The van der Waals surface area contributed by atoms with Gasteiger partial charge in [0.25, 0.3) is 6.43 Å². The van der Waals surface area contributed by atoms with Crippen LogP contribution in [0, 0.1) is 18.3 Å². The van der Waals surface area contributed by atoms with Crippen molar-refractivity contribution in [2.24, 2.45) is 11.6 Å². The molecule has 0 radical (unpaired) electrons. The van der Waals surface area contributed by atoms with E-state index < -0.39 is 12.0 Å². The predicted octanol–water partition coefficient (Wildman–Crippen LogP) is 2.01. The quantitative estimate of drug-likeness (QED) is 0.411. The molecule has 28 heavy (non-hydrogen) atoms. The van der Waals surface area contributed by atoms with Gasteiger partial charge in [0, 0.05) is 30.8 Å². The fourth-order valence-electron chi connectivity index (χ4n) is 2.55. The average molecular weight is 390 g/mol. The SMILES string of the molecule is CNc1ncncc(C#N)cc(NC/C(N)=C/N(N)C2(C(F)F)CC2)cc1C. The zero-order valence-corrected chi connectivity index (χ0v) is 15.8. The Morgan fingerprint density at radius 3 is 2.75 bits per heavy atom. The van der Waals surface area contributed by atoms with E-state index in [-0.39, 0.29) is 12.2 Å². The van der Waals surface area contributed by atoms with Gasteiger partial charge in [0.05, 0.1) is 12.1 Å². The van der Waals surface area contributed by atoms with E-state index in [0.717, 1.165) is 10.6 Å². The van der Waals surface area contributed by atoms with Crippen LogP contribution < -0.4 is 22.2 Å². The normalized spacial score (nSPS) is 14.7. The van der Waals surface area contributed by atoms with Gasteiger partial charge in [0.2, 0.25) is 0 Å². The second kappa shape index (κ2) is 9.14. The lowest BCUT2D eigenvalue weighted by molar-refractivity contribution is 0.0306. The molecule has 0 aliphatic heterocycles. The molecular weight excluding hydrogens is 366 g/mol. The van der Waals surface area contributed by atoms with E-state index in [0.29, 0.717) is 29.9 Å². The van der Waals surface area contributed by atoms with Gasteiger partial charge in [-0.05, 0) is 37.5 Å². The first-order chi connectivity index (χ1) is 13.3. The van der Waals surface area contributed by atoms with Gasteiger partial charge in [0.15, 0.2) is 0 Å². The monoisotopic (exact) mass is 390 g/mol. The Kier molecular flexibility index (Phi) is 6.89. The van der Waals surface area contributed by atoms with Crippen LogP contribution >= 0.6 is 0 Å². The molecule has 0 amide bonds. The van der Waals surface area contributed by atoms with E-state index in [4.69, 9.17) is 11.6 Å². The Bertz CT molecular complexity index is 829. The third kappa shape index (κ3) is 5.17. The zero-order chi connectivity index (χ0) is 20.7. The molecule has 0 atom stereocenters. The molecule has 2 rings (SSSR count). The van der Waals surface area contributed by atoms with Crippen LogP contribution in [-0.4, -0.2) is 40.5 Å². The number of aryl methyl sites for hydroxylation is 1. The molecule has 1 aromatic rings. The maximum atomic E-state index is 13.1. The van der Waals surface area contributed by atoms with Crippen LogP contribution in [0.3, 0.4) is 0 Å². The summed E-state index contributed by atoms with van der Waals surface area (Å²) in [5.74, 6) is 6.37. The second-order valence-electron chi connectivity index (χ2n) is 6.48. The number of nitrogens with zero attached hydrogens (tertiary/aromatic N) is 4. The fraction of sp³-hybridized carbons (Fsp3) is 0.389. The summed E-state index contributed by atoms with van der Waals surface area (Å²) >= 11 is 0. The molecule has 1 heterocycles. The zero-order valence-electron chi connectivity index (χ0n) is 15.8. The summed E-state index contributed by atoms with van der Waals surface area (Å²) in [7, 11) is 1.73. The van der Waals surface area contributed by atoms with Crippen molar-refractivity contribution in [1.29, 1.82) is 5.26 Å². The predicted molar refractivity (Wildman–Crippen MR) is 103 cm³/mol. The molecular formula is C18H24F2N8. The molecule has 0 aromatic carbocycles. The van der Waals surface area contributed by atoms with Crippen LogP contribution in [0.2, 0.25) is 0 Å². The highest BCUT2D eigenvalue weighted by molar-refractivity contribution is 5.52. The van der Waals surface area contributed by atoms with E-state index in [1.807, 2.05) is 13.0 Å². The minimum Gasteiger partial charge on any atom is -0.399 e. The molecule has 1 saturated carbocycles. The fourth-order valence-corrected chi connectivity index (χ4v) is 2.55. The van der Waals surface area contributed by atoms with Gasteiger partial charge >= 0.3 is 0 Å². The largest absolute Gasteiger partial charge is 0.399 e. The van der Waals surface area contributed by atoms with Crippen molar-refractivity contribution in [2.45, 2.75) is 31.7 Å². The van der Waals surface area contributed by atoms with Crippen molar-refractivity contribution in [3.63, 3.8) is 0 Å². The number of alkyl halides is 2. The van der Waals surface area contributed by atoms with Crippen molar-refractivity contribution in [1.82, 2.24) is 15.0 Å². The third-order valence-corrected chi connectivity index (χ3v) is 4.37. The van der Waals surface area contributed by atoms with E-state index in [2.05, 4.69) is 20.6 Å². The first kappa shape index (κ1) is 21.1. The lowest BCUT2D eigenvalue weighted by Gasteiger charge is -2.25. The lowest BCUT2D eigenvalue weighted by Crippen LogP contribution is -2.44. The summed E-state index contributed by atoms with van der Waals surface area (Å²) < 4.78 is 26.2. The number of aromatic nitrogens is 2. The summed E-state index contributed by atoms with van der Waals surface area (Å²) in [6.07, 6.45) is 2.16. The van der Waals surface area contributed by atoms with Crippen LogP contribution in [0.15, 0.2) is 36.6 Å². The van der Waals surface area contributed by atoms with Gasteiger partial charge in [0.1, 0.15) is 23.8 Å². The van der Waals surface area contributed by atoms with Crippen LogP contribution in [0.5, 0.6) is 0 Å². The standard InChI is InChI=1S/C18H24F2N8/c1-12-5-15(6-13(7-21)8-25-11-27-16(12)24-2)26-9-14(22)10-28(23)18(3-4-18)17(19)20/h5-6,8,10-11,17,26H,3-4,9,22-23H2,1-2H3,(H,24,25,27)/b14-10-. The molecule has 150 valence electrons. The maximum absolute atomic E-state index is 13.1. The highest BCUT2D eigenvalue weighted by atomic mass is 19.3. The summed E-state index contributed by atoms with van der Waals surface area (Å²) in [6.45, 7) is 1.99. The number of hydrogen-bond donors (Lipinski definition) is 4. The van der Waals surface area contributed by atoms with Gasteiger partial charge in [-0.1, -0.05) is 0 Å². The Balaban J connectivity index is 2.25. The van der Waals surface area contributed by atoms with Crippen molar-refractivity contribution in [3.8, 4) is 6.07 Å². The number of halogens is 2. The Morgan fingerprint density at radius 1 is 1.46 bits per heavy atom. The Labute approximate surface area is 162 Å². The van der Waals surface area contributed by atoms with Gasteiger partial charge in [-0.25, -0.2) is 24.6 Å². The van der Waals surface area contributed by atoms with Crippen LogP contribution in [0.4, 0.5) is 20.3 Å². The molecule has 1 fully saturated rings. The molecule has 0 bridgehead atoms. The first-order valence-corrected chi connectivity index (χ1v) is 8.62. The summed E-state index contributed by atoms with van der Waals surface area (Å²) in [5.41, 5.74) is 6.59. The summed E-state index contributed by atoms with van der Waals surface area (Å²) in [4.78, 5) is 8.15. The molecule has 8 nitrogen and oxygen atoms in total. The number of anilines is 2. The first-order valence-electron chi connectivity index (χ1n) is 8.62. The van der Waals surface area contributed by atoms with Gasteiger partial charge < -0.3 is 21.4 Å². The molecule has 6 N–H and O–H groups in total. The van der Waals surface area contributed by atoms with Crippen LogP contribution in [0.1, 0.15) is 24.0 Å². The number of nitrogens with two attached hydrogens (primary N) is 2. The van der Waals surface area contributed by atoms with Crippen molar-refractivity contribution in [2.75, 3.05) is 24.2 Å². The minimum atomic E-state index is -2.54. The van der Waals surface area contributed by atoms with Crippen molar-refractivity contribution in [3.05, 3.63) is 47.7 Å². The number of hydrogen-bond acceptors (Lipinski definition) is 8. The molecule has 0 unspecified atom stereocenters. The minimum absolute atomic E-state index is 0.149. The molecule has 1 aliphatic rings. The van der Waals surface area contributed by atoms with E-state index >= 15 is 0 Å². The van der Waals surface area contributed by atoms with Crippen LogP contribution in [0.25, 0.3) is 0 Å². The summed E-state index contributed by atoms with van der Waals surface area (Å²) in [6, 6.07) is 5.42. The second-order valence-corrected chi connectivity index (χ2v) is 6.48. The van der Waals surface area contributed by atoms with E-state index in [1.54, 1.807) is 19.2 Å². The maximum Gasteiger partial charge on any atom is 0.262 e. The molecule has 10 heteroatoms. The Morgan fingerprint density at radius 2 is 2.18 bits per heavy atom. The van der Waals surface area contributed by atoms with Crippen LogP contribution in [-0.2, 0) is 0 Å². The summed E-state index contributed by atoms with van der Waals surface area (Å²) in [5, 5.41) is 16.3. The average Bonchev–Trinajstić information content (AvgIpc) is 3.47. The topological polar surface area (TPSA) is 129 Å². The lowest BCUT2D eigenvalue weighted by atomic mass is 10.2. The van der Waals surface area contributed by atoms with E-state index in [1.165, 1.54) is 18.7 Å². The molecule has 0 saturated heterocycles. The van der Waals surface area contributed by atoms with Gasteiger partial charge in [-0.15, -0.1) is 0 Å². The number of nitrogens with one attached hydrogen (secondary N) is 2. The highest BCUT2D eigenvalue weighted by Gasteiger charge is 2.54. The highest BCUT2D eigenvalue weighted by Crippen LogP contribution is 2.45. The van der Waals surface area contributed by atoms with E-state index in [9.17, 15) is 14.0 Å². The van der Waals surface area contributed by atoms with Gasteiger partial charge in [-0.3, -0.25) is 0 Å². The number of rotatable bonds is 7. The molecule has 0 spiro atoms. The van der Waals surface area contributed by atoms with Crippen molar-refractivity contribution >= 4 is 11.5 Å².